The van der Waals surface area contributed by atoms with Gasteiger partial charge in [0.15, 0.2) is 0 Å². The molecule has 3 unspecified atom stereocenters. The van der Waals surface area contributed by atoms with Gasteiger partial charge in [-0.25, -0.2) is 0 Å². The van der Waals surface area contributed by atoms with Crippen molar-refractivity contribution in [2.45, 2.75) is 65.1 Å². The van der Waals surface area contributed by atoms with Crippen LogP contribution in [0.5, 0.6) is 0 Å². The number of hydrogen-bond donors (Lipinski definition) is 1. The van der Waals surface area contributed by atoms with Crippen LogP contribution in [-0.2, 0) is 16.0 Å². The van der Waals surface area contributed by atoms with Crippen molar-refractivity contribution in [1.82, 2.24) is 4.90 Å². The predicted molar refractivity (Wildman–Crippen MR) is 100 cm³/mol. The van der Waals surface area contributed by atoms with Gasteiger partial charge >= 0.3 is 0 Å². The first-order valence-electron chi connectivity index (χ1n) is 9.60. The van der Waals surface area contributed by atoms with E-state index in [0.29, 0.717) is 13.2 Å². The molecule has 0 bridgehead atoms. The molecule has 2 aliphatic rings. The molecule has 0 spiro atoms. The summed E-state index contributed by atoms with van der Waals surface area (Å²) in [6, 6.07) is 8.30. The third-order valence-corrected chi connectivity index (χ3v) is 5.91. The van der Waals surface area contributed by atoms with Crippen LogP contribution in [0.2, 0.25) is 0 Å². The molecule has 0 aromatic heterocycles. The minimum absolute atomic E-state index is 0.0574. The zero-order valence-corrected chi connectivity index (χ0v) is 16.0. The lowest BCUT2D eigenvalue weighted by molar-refractivity contribution is -0.142. The first kappa shape index (κ1) is 18.4. The fraction of sp³-hybridized carbons (Fsp3) is 0.667. The summed E-state index contributed by atoms with van der Waals surface area (Å²) >= 11 is 0. The molecule has 138 valence electrons. The largest absolute Gasteiger partial charge is 0.368 e. The van der Waals surface area contributed by atoms with E-state index in [9.17, 15) is 4.79 Å². The van der Waals surface area contributed by atoms with E-state index in [4.69, 9.17) is 10.5 Å². The van der Waals surface area contributed by atoms with E-state index in [1.54, 1.807) is 0 Å². The maximum atomic E-state index is 13.2. The molecule has 1 aromatic carbocycles. The Bertz CT molecular complexity index is 617. The van der Waals surface area contributed by atoms with Gasteiger partial charge in [0.05, 0.1) is 6.04 Å². The molecule has 0 saturated carbocycles. The predicted octanol–water partition coefficient (Wildman–Crippen LogP) is 3.30. The van der Waals surface area contributed by atoms with E-state index in [-0.39, 0.29) is 35.4 Å². The molecule has 0 aliphatic carbocycles. The van der Waals surface area contributed by atoms with Crippen molar-refractivity contribution >= 4 is 5.91 Å². The SMILES string of the molecule is CCc1ccccc1C1C(N)C(C(C)(C)C)CN1C(=O)[C@@H]1CCCO1. The number of ether oxygens (including phenoxy) is 1. The highest BCUT2D eigenvalue weighted by Crippen LogP contribution is 2.44. The quantitative estimate of drug-likeness (QED) is 0.915. The normalized spacial score (nSPS) is 30.0. The highest BCUT2D eigenvalue weighted by atomic mass is 16.5. The summed E-state index contributed by atoms with van der Waals surface area (Å²) in [5.74, 6) is 0.392. The average molecular weight is 344 g/mol. The third kappa shape index (κ3) is 3.47. The molecule has 2 fully saturated rings. The van der Waals surface area contributed by atoms with Gasteiger partial charge in [0, 0.05) is 19.2 Å². The first-order valence-corrected chi connectivity index (χ1v) is 9.60. The molecule has 1 aromatic rings. The minimum Gasteiger partial charge on any atom is -0.368 e. The molecule has 2 N–H and O–H groups in total. The Labute approximate surface area is 151 Å². The summed E-state index contributed by atoms with van der Waals surface area (Å²) in [5.41, 5.74) is 9.30. The summed E-state index contributed by atoms with van der Waals surface area (Å²) in [6.07, 6.45) is 2.45. The summed E-state index contributed by atoms with van der Waals surface area (Å²) in [6.45, 7) is 10.2. The van der Waals surface area contributed by atoms with Crippen LogP contribution in [0, 0.1) is 11.3 Å². The van der Waals surface area contributed by atoms with Crippen molar-refractivity contribution in [2.75, 3.05) is 13.2 Å². The standard InChI is InChI=1S/C21H32N2O2/c1-5-14-9-6-7-10-15(14)19-18(22)16(21(2,3)4)13-23(19)20(24)17-11-8-12-25-17/h6-7,9-10,16-19H,5,8,11-13,22H2,1-4H3/t16?,17-,18?,19?/m0/s1. The molecule has 1 amide bonds. The minimum atomic E-state index is -0.290. The molecule has 2 saturated heterocycles. The number of carbonyl (C=O) groups is 1. The number of nitrogens with two attached hydrogens (primary N) is 1. The van der Waals surface area contributed by atoms with Gasteiger partial charge in [0.2, 0.25) is 0 Å². The molecule has 2 aliphatic heterocycles. The molecular formula is C21H32N2O2. The van der Waals surface area contributed by atoms with Gasteiger partial charge in [0.1, 0.15) is 6.10 Å². The fourth-order valence-corrected chi connectivity index (χ4v) is 4.43. The molecule has 3 rings (SSSR count). The highest BCUT2D eigenvalue weighted by molar-refractivity contribution is 5.82. The fourth-order valence-electron chi connectivity index (χ4n) is 4.43. The number of nitrogens with zero attached hydrogens (tertiary/aromatic N) is 1. The zero-order chi connectivity index (χ0) is 18.2. The van der Waals surface area contributed by atoms with Gasteiger partial charge in [-0.3, -0.25) is 4.79 Å². The molecule has 4 atom stereocenters. The summed E-state index contributed by atoms with van der Waals surface area (Å²) < 4.78 is 5.69. The summed E-state index contributed by atoms with van der Waals surface area (Å²) in [5, 5.41) is 0. The Kier molecular flexibility index (Phi) is 5.21. The van der Waals surface area contributed by atoms with Crippen molar-refractivity contribution < 1.29 is 9.53 Å². The Morgan fingerprint density at radius 1 is 1.32 bits per heavy atom. The second-order valence-corrected chi connectivity index (χ2v) is 8.54. The maximum absolute atomic E-state index is 13.2. The number of hydrogen-bond acceptors (Lipinski definition) is 3. The van der Waals surface area contributed by atoms with Crippen LogP contribution in [0.3, 0.4) is 0 Å². The van der Waals surface area contributed by atoms with Gasteiger partial charge < -0.3 is 15.4 Å². The van der Waals surface area contributed by atoms with Gasteiger partial charge in [-0.1, -0.05) is 52.0 Å². The number of rotatable bonds is 3. The highest BCUT2D eigenvalue weighted by Gasteiger charge is 2.49. The van der Waals surface area contributed by atoms with Crippen LogP contribution in [0.1, 0.15) is 57.7 Å². The van der Waals surface area contributed by atoms with Gasteiger partial charge in [-0.05, 0) is 41.7 Å². The van der Waals surface area contributed by atoms with Crippen LogP contribution >= 0.6 is 0 Å². The smallest absolute Gasteiger partial charge is 0.252 e. The van der Waals surface area contributed by atoms with Crippen molar-refractivity contribution in [3.8, 4) is 0 Å². The van der Waals surface area contributed by atoms with Crippen molar-refractivity contribution in [2.24, 2.45) is 17.1 Å². The Hall–Kier alpha value is -1.39. The van der Waals surface area contributed by atoms with E-state index in [1.807, 2.05) is 4.90 Å². The van der Waals surface area contributed by atoms with Gasteiger partial charge in [0.25, 0.3) is 5.91 Å². The number of amides is 1. The van der Waals surface area contributed by atoms with E-state index in [1.165, 1.54) is 11.1 Å². The van der Waals surface area contributed by atoms with Gasteiger partial charge in [-0.2, -0.15) is 0 Å². The van der Waals surface area contributed by atoms with Crippen molar-refractivity contribution in [3.63, 3.8) is 0 Å². The zero-order valence-electron chi connectivity index (χ0n) is 16.0. The topological polar surface area (TPSA) is 55.6 Å². The van der Waals surface area contributed by atoms with E-state index in [0.717, 1.165) is 19.3 Å². The van der Waals surface area contributed by atoms with E-state index < -0.39 is 0 Å². The molecule has 0 radical (unpaired) electrons. The third-order valence-electron chi connectivity index (χ3n) is 5.91. The van der Waals surface area contributed by atoms with Crippen LogP contribution in [0.15, 0.2) is 24.3 Å². The Morgan fingerprint density at radius 2 is 2.04 bits per heavy atom. The summed E-state index contributed by atoms with van der Waals surface area (Å²) in [4.78, 5) is 15.2. The first-order chi connectivity index (χ1) is 11.8. The van der Waals surface area contributed by atoms with Crippen LogP contribution in [0.4, 0.5) is 0 Å². The molecule has 25 heavy (non-hydrogen) atoms. The Balaban J connectivity index is 1.99. The number of carbonyl (C=O) groups excluding carboxylic acids is 1. The van der Waals surface area contributed by atoms with Crippen molar-refractivity contribution in [1.29, 1.82) is 0 Å². The lowest BCUT2D eigenvalue weighted by Gasteiger charge is -2.31. The lowest BCUT2D eigenvalue weighted by atomic mass is 9.76. The number of likely N-dealkylation sites (tertiary alicyclic amines) is 1. The van der Waals surface area contributed by atoms with Gasteiger partial charge in [-0.15, -0.1) is 0 Å². The molecule has 4 nitrogen and oxygen atoms in total. The molecule has 2 heterocycles. The maximum Gasteiger partial charge on any atom is 0.252 e. The number of benzene rings is 1. The monoisotopic (exact) mass is 344 g/mol. The van der Waals surface area contributed by atoms with E-state index in [2.05, 4.69) is 52.0 Å². The Morgan fingerprint density at radius 3 is 2.64 bits per heavy atom. The second kappa shape index (κ2) is 7.08. The van der Waals surface area contributed by atoms with Crippen LogP contribution in [-0.4, -0.2) is 36.1 Å². The van der Waals surface area contributed by atoms with Crippen molar-refractivity contribution in [3.05, 3.63) is 35.4 Å². The summed E-state index contributed by atoms with van der Waals surface area (Å²) in [7, 11) is 0. The average Bonchev–Trinajstić information content (AvgIpc) is 3.21. The molecular weight excluding hydrogens is 312 g/mol. The number of aryl methyl sites for hydroxylation is 1. The van der Waals surface area contributed by atoms with Crippen LogP contribution < -0.4 is 5.73 Å². The van der Waals surface area contributed by atoms with E-state index >= 15 is 0 Å². The molecule has 4 heteroatoms. The van der Waals surface area contributed by atoms with Crippen LogP contribution in [0.25, 0.3) is 0 Å². The lowest BCUT2D eigenvalue weighted by Crippen LogP contribution is -2.42. The second-order valence-electron chi connectivity index (χ2n) is 8.54.